The number of carbonyl (C=O) groups is 2. The van der Waals surface area contributed by atoms with Gasteiger partial charge in [-0.25, -0.2) is 0 Å². The number of nitrogens with one attached hydrogen (secondary N) is 1. The SMILES string of the molecule is CC1CCN(C(=O)c2cc3c([nH]c2=O)CC(c2ccco2)CC3=O)CC1. The molecule has 0 aromatic carbocycles. The molecule has 1 aliphatic heterocycles. The first-order valence-electron chi connectivity index (χ1n) is 9.15. The molecule has 3 heterocycles. The topological polar surface area (TPSA) is 83.4 Å². The molecule has 0 radical (unpaired) electrons. The predicted molar refractivity (Wildman–Crippen MR) is 95.5 cm³/mol. The highest BCUT2D eigenvalue weighted by Gasteiger charge is 2.31. The van der Waals surface area contributed by atoms with E-state index in [1.54, 1.807) is 17.2 Å². The van der Waals surface area contributed by atoms with Gasteiger partial charge in [-0.05, 0) is 43.4 Å². The van der Waals surface area contributed by atoms with Gasteiger partial charge in [0.25, 0.3) is 11.5 Å². The molecule has 1 saturated heterocycles. The van der Waals surface area contributed by atoms with Crippen molar-refractivity contribution in [1.82, 2.24) is 9.88 Å². The van der Waals surface area contributed by atoms with Gasteiger partial charge < -0.3 is 14.3 Å². The van der Waals surface area contributed by atoms with Gasteiger partial charge in [-0.2, -0.15) is 0 Å². The molecule has 2 aliphatic rings. The van der Waals surface area contributed by atoms with Crippen LogP contribution in [0.4, 0.5) is 0 Å². The normalized spacial score (nSPS) is 20.9. The van der Waals surface area contributed by atoms with E-state index in [-0.39, 0.29) is 23.2 Å². The van der Waals surface area contributed by atoms with E-state index in [0.717, 1.165) is 18.6 Å². The maximum Gasteiger partial charge on any atom is 0.261 e. The highest BCUT2D eigenvalue weighted by atomic mass is 16.3. The summed E-state index contributed by atoms with van der Waals surface area (Å²) in [7, 11) is 0. The average Bonchev–Trinajstić information content (AvgIpc) is 3.16. The molecule has 1 atom stereocenters. The zero-order valence-electron chi connectivity index (χ0n) is 14.8. The van der Waals surface area contributed by atoms with Gasteiger partial charge in [-0.1, -0.05) is 6.92 Å². The minimum absolute atomic E-state index is 0.0646. The van der Waals surface area contributed by atoms with Crippen LogP contribution in [0.1, 0.15) is 64.3 Å². The lowest BCUT2D eigenvalue weighted by atomic mass is 9.84. The van der Waals surface area contributed by atoms with Gasteiger partial charge in [0.1, 0.15) is 11.3 Å². The minimum Gasteiger partial charge on any atom is -0.469 e. The van der Waals surface area contributed by atoms with Gasteiger partial charge in [0.2, 0.25) is 0 Å². The Balaban J connectivity index is 1.62. The lowest BCUT2D eigenvalue weighted by molar-refractivity contribution is 0.0695. The Bertz CT molecular complexity index is 889. The second-order valence-corrected chi connectivity index (χ2v) is 7.42. The second-order valence-electron chi connectivity index (χ2n) is 7.42. The second kappa shape index (κ2) is 6.59. The summed E-state index contributed by atoms with van der Waals surface area (Å²) in [6, 6.07) is 5.13. The van der Waals surface area contributed by atoms with Gasteiger partial charge in [0, 0.05) is 36.7 Å². The van der Waals surface area contributed by atoms with E-state index in [2.05, 4.69) is 11.9 Å². The molecule has 1 fully saturated rings. The molecule has 0 saturated carbocycles. The number of ketones is 1. The van der Waals surface area contributed by atoms with Crippen LogP contribution < -0.4 is 5.56 Å². The Kier molecular flexibility index (Phi) is 4.26. The molecule has 136 valence electrons. The van der Waals surface area contributed by atoms with Crippen molar-refractivity contribution in [1.29, 1.82) is 0 Å². The van der Waals surface area contributed by atoms with Gasteiger partial charge >= 0.3 is 0 Å². The highest BCUT2D eigenvalue weighted by Crippen LogP contribution is 2.32. The smallest absolute Gasteiger partial charge is 0.261 e. The number of nitrogens with zero attached hydrogens (tertiary/aromatic N) is 1. The number of furan rings is 1. The largest absolute Gasteiger partial charge is 0.469 e. The van der Waals surface area contributed by atoms with Gasteiger partial charge in [0.05, 0.1) is 6.26 Å². The summed E-state index contributed by atoms with van der Waals surface area (Å²) < 4.78 is 5.41. The molecule has 6 nitrogen and oxygen atoms in total. The molecular weight excluding hydrogens is 332 g/mol. The van der Waals surface area contributed by atoms with Crippen molar-refractivity contribution in [3.63, 3.8) is 0 Å². The summed E-state index contributed by atoms with van der Waals surface area (Å²) in [5, 5.41) is 0. The molecular formula is C20H22N2O4. The standard InChI is InChI=1S/C20H22N2O4/c1-12-4-6-22(7-5-12)20(25)15-11-14-16(21-19(15)24)9-13(10-17(14)23)18-3-2-8-26-18/h2-3,8,11-13H,4-7,9-10H2,1H3,(H,21,24). The van der Waals surface area contributed by atoms with Crippen molar-refractivity contribution in [2.75, 3.05) is 13.1 Å². The summed E-state index contributed by atoms with van der Waals surface area (Å²) in [6.07, 6.45) is 4.32. The van der Waals surface area contributed by atoms with E-state index < -0.39 is 5.56 Å². The van der Waals surface area contributed by atoms with Gasteiger partial charge in [-0.3, -0.25) is 14.4 Å². The van der Waals surface area contributed by atoms with Crippen molar-refractivity contribution in [3.8, 4) is 0 Å². The number of aromatic amines is 1. The first-order chi connectivity index (χ1) is 12.5. The molecule has 6 heteroatoms. The van der Waals surface area contributed by atoms with Gasteiger partial charge in [0.15, 0.2) is 5.78 Å². The van der Waals surface area contributed by atoms with E-state index in [1.807, 2.05) is 6.07 Å². The van der Waals surface area contributed by atoms with Crippen molar-refractivity contribution in [3.05, 3.63) is 57.4 Å². The highest BCUT2D eigenvalue weighted by molar-refractivity contribution is 6.02. The number of fused-ring (bicyclic) bond motifs is 1. The lowest BCUT2D eigenvalue weighted by Crippen LogP contribution is -2.40. The molecule has 1 N–H and O–H groups in total. The number of Topliss-reactive ketones (excluding diaryl/α,β-unsaturated/α-hetero) is 1. The minimum atomic E-state index is -0.416. The van der Waals surface area contributed by atoms with Crippen LogP contribution >= 0.6 is 0 Å². The number of aromatic nitrogens is 1. The quantitative estimate of drug-likeness (QED) is 0.899. The summed E-state index contributed by atoms with van der Waals surface area (Å²) >= 11 is 0. The number of piperidine rings is 1. The number of likely N-dealkylation sites (tertiary alicyclic amines) is 1. The van der Waals surface area contributed by atoms with Gasteiger partial charge in [-0.15, -0.1) is 0 Å². The Hall–Kier alpha value is -2.63. The van der Waals surface area contributed by atoms with E-state index in [9.17, 15) is 14.4 Å². The molecule has 26 heavy (non-hydrogen) atoms. The van der Waals surface area contributed by atoms with Crippen LogP contribution in [0.5, 0.6) is 0 Å². The number of H-pyrrole nitrogens is 1. The Morgan fingerprint density at radius 2 is 2.00 bits per heavy atom. The van der Waals surface area contributed by atoms with Crippen molar-refractivity contribution < 1.29 is 14.0 Å². The zero-order chi connectivity index (χ0) is 18.3. The molecule has 4 rings (SSSR count). The van der Waals surface area contributed by atoms with Crippen LogP contribution in [0.15, 0.2) is 33.7 Å². The maximum absolute atomic E-state index is 12.8. The summed E-state index contributed by atoms with van der Waals surface area (Å²) in [4.78, 5) is 42.4. The fourth-order valence-corrected chi connectivity index (χ4v) is 3.90. The molecule has 0 bridgehead atoms. The number of hydrogen-bond acceptors (Lipinski definition) is 4. The number of pyridine rings is 1. The molecule has 2 aromatic heterocycles. The Morgan fingerprint density at radius 3 is 2.69 bits per heavy atom. The molecule has 0 spiro atoms. The third kappa shape index (κ3) is 3.00. The lowest BCUT2D eigenvalue weighted by Gasteiger charge is -2.30. The fraction of sp³-hybridized carbons (Fsp3) is 0.450. The van der Waals surface area contributed by atoms with Crippen LogP contribution in [-0.2, 0) is 6.42 Å². The van der Waals surface area contributed by atoms with Crippen LogP contribution in [-0.4, -0.2) is 34.7 Å². The molecule has 1 amide bonds. The summed E-state index contributed by atoms with van der Waals surface area (Å²) in [6.45, 7) is 3.48. The Morgan fingerprint density at radius 1 is 1.23 bits per heavy atom. The van der Waals surface area contributed by atoms with Crippen LogP contribution in [0.3, 0.4) is 0 Å². The Labute approximate surface area is 151 Å². The van der Waals surface area contributed by atoms with Crippen LogP contribution in [0, 0.1) is 5.92 Å². The first-order valence-corrected chi connectivity index (χ1v) is 9.15. The van der Waals surface area contributed by atoms with E-state index in [0.29, 0.717) is 43.1 Å². The molecule has 1 unspecified atom stereocenters. The monoisotopic (exact) mass is 354 g/mol. The van der Waals surface area contributed by atoms with E-state index in [4.69, 9.17) is 4.42 Å². The van der Waals surface area contributed by atoms with Crippen LogP contribution in [0.2, 0.25) is 0 Å². The van der Waals surface area contributed by atoms with Crippen molar-refractivity contribution >= 4 is 11.7 Å². The number of amides is 1. The molecule has 1 aliphatic carbocycles. The number of hydrogen-bond donors (Lipinski definition) is 1. The fourth-order valence-electron chi connectivity index (χ4n) is 3.90. The van der Waals surface area contributed by atoms with E-state index in [1.165, 1.54) is 6.07 Å². The maximum atomic E-state index is 12.8. The summed E-state index contributed by atoms with van der Waals surface area (Å²) in [5.41, 5.74) is 0.709. The van der Waals surface area contributed by atoms with Crippen LogP contribution in [0.25, 0.3) is 0 Å². The summed E-state index contributed by atoms with van der Waals surface area (Å²) in [5.74, 6) is 0.923. The number of carbonyl (C=O) groups excluding carboxylic acids is 2. The zero-order valence-corrected chi connectivity index (χ0v) is 14.8. The molecule has 2 aromatic rings. The first kappa shape index (κ1) is 16.8. The van der Waals surface area contributed by atoms with Crippen molar-refractivity contribution in [2.45, 2.75) is 38.5 Å². The predicted octanol–water partition coefficient (Wildman–Crippen LogP) is 2.75. The average molecular weight is 354 g/mol. The van der Waals surface area contributed by atoms with Crippen molar-refractivity contribution in [2.24, 2.45) is 5.92 Å². The number of rotatable bonds is 2. The van der Waals surface area contributed by atoms with E-state index >= 15 is 0 Å². The third-order valence-electron chi connectivity index (χ3n) is 5.55. The third-order valence-corrected chi connectivity index (χ3v) is 5.55.